The summed E-state index contributed by atoms with van der Waals surface area (Å²) < 4.78 is 0. The zero-order valence-electron chi connectivity index (χ0n) is 14.1. The van der Waals surface area contributed by atoms with Crippen LogP contribution in [0.15, 0.2) is 34.0 Å². The minimum Gasteiger partial charge on any atom is -0.284 e. The van der Waals surface area contributed by atoms with E-state index in [2.05, 4.69) is 41.9 Å². The van der Waals surface area contributed by atoms with E-state index in [1.54, 1.807) is 0 Å². The molecule has 0 aliphatic heterocycles. The van der Waals surface area contributed by atoms with Crippen LogP contribution in [0, 0.1) is 17.8 Å². The monoisotopic (exact) mass is 301 g/mol. The quantitative estimate of drug-likeness (QED) is 0.316. The van der Waals surface area contributed by atoms with E-state index in [9.17, 15) is 0 Å². The van der Waals surface area contributed by atoms with Crippen molar-refractivity contribution in [1.82, 2.24) is 5.43 Å². The van der Waals surface area contributed by atoms with Gasteiger partial charge >= 0.3 is 0 Å². The number of aliphatic imine (C=N–C) groups is 1. The van der Waals surface area contributed by atoms with E-state index in [0.29, 0.717) is 11.8 Å². The maximum Gasteiger partial charge on any atom is 0.134 e. The van der Waals surface area contributed by atoms with Gasteiger partial charge in [0.1, 0.15) is 6.34 Å². The van der Waals surface area contributed by atoms with Crippen molar-refractivity contribution in [2.75, 3.05) is 0 Å². The number of nitrogens with one attached hydrogen (secondary N) is 1. The molecule has 2 aliphatic rings. The van der Waals surface area contributed by atoms with E-state index in [-0.39, 0.29) is 0 Å². The molecule has 0 saturated heterocycles. The highest BCUT2D eigenvalue weighted by Gasteiger charge is 2.26. The molecule has 3 nitrogen and oxygen atoms in total. The zero-order chi connectivity index (χ0) is 15.8. The lowest BCUT2D eigenvalue weighted by atomic mass is 9.73. The Morgan fingerprint density at radius 1 is 1.00 bits per heavy atom. The van der Waals surface area contributed by atoms with Crippen molar-refractivity contribution in [3.63, 3.8) is 0 Å². The molecule has 0 atom stereocenters. The Kier molecular flexibility index (Phi) is 6.88. The summed E-state index contributed by atoms with van der Waals surface area (Å²) in [5.74, 6) is 2.19. The third-order valence-electron chi connectivity index (χ3n) is 5.36. The SMILES string of the molecule is C=N/C=N\N/C=C(\C(=C)C1CCC(C)CC1)C1CCCCC1. The molecule has 0 heterocycles. The van der Waals surface area contributed by atoms with Gasteiger partial charge in [-0.15, -0.1) is 0 Å². The molecule has 0 spiro atoms. The number of rotatable bonds is 6. The summed E-state index contributed by atoms with van der Waals surface area (Å²) in [5, 5.41) is 4.04. The topological polar surface area (TPSA) is 36.8 Å². The smallest absolute Gasteiger partial charge is 0.134 e. The van der Waals surface area contributed by atoms with E-state index in [1.165, 1.54) is 75.3 Å². The molecular formula is C19H31N3. The van der Waals surface area contributed by atoms with Gasteiger partial charge in [0, 0.05) is 6.20 Å². The van der Waals surface area contributed by atoms with Gasteiger partial charge in [-0.1, -0.05) is 45.6 Å². The molecule has 2 saturated carbocycles. The number of nitrogens with zero attached hydrogens (tertiary/aromatic N) is 2. The first-order valence-electron chi connectivity index (χ1n) is 8.84. The number of hydrogen-bond acceptors (Lipinski definition) is 2. The summed E-state index contributed by atoms with van der Waals surface area (Å²) in [4.78, 5) is 3.63. The lowest BCUT2D eigenvalue weighted by Gasteiger charge is -2.32. The van der Waals surface area contributed by atoms with Crippen LogP contribution in [-0.2, 0) is 0 Å². The van der Waals surface area contributed by atoms with Crippen LogP contribution in [0.3, 0.4) is 0 Å². The fourth-order valence-corrected chi connectivity index (χ4v) is 3.91. The molecule has 0 bridgehead atoms. The first kappa shape index (κ1) is 17.0. The molecule has 2 rings (SSSR count). The number of hydrazone groups is 1. The molecule has 2 fully saturated rings. The Bertz CT molecular complexity index is 422. The van der Waals surface area contributed by atoms with Gasteiger partial charge in [0.25, 0.3) is 0 Å². The van der Waals surface area contributed by atoms with Crippen LogP contribution in [0.2, 0.25) is 0 Å². The Hall–Kier alpha value is -1.38. The number of allylic oxidation sites excluding steroid dienone is 2. The summed E-state index contributed by atoms with van der Waals surface area (Å²) in [5.41, 5.74) is 5.78. The molecule has 0 aromatic carbocycles. The van der Waals surface area contributed by atoms with Crippen LogP contribution in [0.5, 0.6) is 0 Å². The number of hydrogen-bond donors (Lipinski definition) is 1. The Labute approximate surface area is 135 Å². The van der Waals surface area contributed by atoms with Gasteiger partial charge in [0.05, 0.1) is 0 Å². The first-order chi connectivity index (χ1) is 10.7. The summed E-state index contributed by atoms with van der Waals surface area (Å²) >= 11 is 0. The second kappa shape index (κ2) is 8.92. The van der Waals surface area contributed by atoms with Crippen molar-refractivity contribution in [3.05, 3.63) is 23.9 Å². The van der Waals surface area contributed by atoms with Gasteiger partial charge in [0.2, 0.25) is 0 Å². The average Bonchev–Trinajstić information content (AvgIpc) is 2.56. The second-order valence-corrected chi connectivity index (χ2v) is 6.97. The van der Waals surface area contributed by atoms with Crippen molar-refractivity contribution in [3.8, 4) is 0 Å². The van der Waals surface area contributed by atoms with E-state index < -0.39 is 0 Å². The highest BCUT2D eigenvalue weighted by Crippen LogP contribution is 2.40. The van der Waals surface area contributed by atoms with E-state index in [0.717, 1.165) is 5.92 Å². The Morgan fingerprint density at radius 3 is 2.32 bits per heavy atom. The molecule has 0 unspecified atom stereocenters. The zero-order valence-corrected chi connectivity index (χ0v) is 14.1. The van der Waals surface area contributed by atoms with Crippen LogP contribution in [0.25, 0.3) is 0 Å². The summed E-state index contributed by atoms with van der Waals surface area (Å²) in [6, 6.07) is 0. The molecule has 0 aromatic heterocycles. The Balaban J connectivity index is 2.06. The molecule has 122 valence electrons. The summed E-state index contributed by atoms with van der Waals surface area (Å²) in [6.45, 7) is 10.3. The molecule has 1 N–H and O–H groups in total. The van der Waals surface area contributed by atoms with Crippen LogP contribution in [0.4, 0.5) is 0 Å². The maximum atomic E-state index is 4.48. The lowest BCUT2D eigenvalue weighted by Crippen LogP contribution is -2.20. The lowest BCUT2D eigenvalue weighted by molar-refractivity contribution is 0.315. The molecule has 2 aliphatic carbocycles. The average molecular weight is 301 g/mol. The molecule has 0 radical (unpaired) electrons. The van der Waals surface area contributed by atoms with Crippen LogP contribution in [0.1, 0.15) is 64.7 Å². The normalized spacial score (nSPS) is 27.8. The third kappa shape index (κ3) is 4.82. The molecule has 0 amide bonds. The van der Waals surface area contributed by atoms with Crippen LogP contribution < -0.4 is 5.43 Å². The van der Waals surface area contributed by atoms with Crippen LogP contribution >= 0.6 is 0 Å². The van der Waals surface area contributed by atoms with Gasteiger partial charge in [-0.25, -0.2) is 0 Å². The summed E-state index contributed by atoms with van der Waals surface area (Å²) in [7, 11) is 0. The van der Waals surface area contributed by atoms with Crippen molar-refractivity contribution in [1.29, 1.82) is 0 Å². The molecule has 3 heteroatoms. The van der Waals surface area contributed by atoms with Crippen molar-refractivity contribution in [2.24, 2.45) is 27.8 Å². The van der Waals surface area contributed by atoms with Gasteiger partial charge in [-0.2, -0.15) is 5.10 Å². The predicted molar refractivity (Wildman–Crippen MR) is 96.1 cm³/mol. The minimum atomic E-state index is 0.653. The highest BCUT2D eigenvalue weighted by molar-refractivity contribution is 5.61. The van der Waals surface area contributed by atoms with Gasteiger partial charge in [-0.05, 0) is 61.3 Å². The van der Waals surface area contributed by atoms with Crippen molar-refractivity contribution < 1.29 is 0 Å². The maximum absolute atomic E-state index is 4.48. The van der Waals surface area contributed by atoms with E-state index in [4.69, 9.17) is 0 Å². The van der Waals surface area contributed by atoms with E-state index >= 15 is 0 Å². The van der Waals surface area contributed by atoms with Gasteiger partial charge < -0.3 is 0 Å². The molecule has 22 heavy (non-hydrogen) atoms. The third-order valence-corrected chi connectivity index (χ3v) is 5.36. The van der Waals surface area contributed by atoms with Crippen molar-refractivity contribution >= 4 is 13.1 Å². The fraction of sp³-hybridized carbons (Fsp3) is 0.684. The van der Waals surface area contributed by atoms with Crippen molar-refractivity contribution in [2.45, 2.75) is 64.7 Å². The van der Waals surface area contributed by atoms with Gasteiger partial charge in [-0.3, -0.25) is 10.4 Å². The largest absolute Gasteiger partial charge is 0.284 e. The Morgan fingerprint density at radius 2 is 1.68 bits per heavy atom. The fourth-order valence-electron chi connectivity index (χ4n) is 3.91. The highest BCUT2D eigenvalue weighted by atomic mass is 15.3. The van der Waals surface area contributed by atoms with E-state index in [1.807, 2.05) is 0 Å². The minimum absolute atomic E-state index is 0.653. The molecule has 0 aromatic rings. The van der Waals surface area contributed by atoms with Crippen LogP contribution in [-0.4, -0.2) is 13.1 Å². The molecular weight excluding hydrogens is 270 g/mol. The second-order valence-electron chi connectivity index (χ2n) is 6.97. The summed E-state index contributed by atoms with van der Waals surface area (Å²) in [6.07, 6.45) is 15.4. The standard InChI is InChI=1S/C19H31N3/c1-15-9-11-17(12-10-15)16(2)19(13-21-22-14-20-3)18-7-5-4-6-8-18/h13-15,17-18,21H,2-12H2,1H3/b19-13+,22-14-. The first-order valence-corrected chi connectivity index (χ1v) is 8.84. The van der Waals surface area contributed by atoms with Gasteiger partial charge in [0.15, 0.2) is 0 Å². The predicted octanol–water partition coefficient (Wildman–Crippen LogP) is 5.07.